The van der Waals surface area contributed by atoms with Crippen molar-refractivity contribution in [3.05, 3.63) is 80.3 Å². The molecule has 7 nitrogen and oxygen atoms in total. The second-order valence-electron chi connectivity index (χ2n) is 9.92. The number of esters is 1. The van der Waals surface area contributed by atoms with Crippen molar-refractivity contribution >= 4 is 46.6 Å². The third kappa shape index (κ3) is 2.93. The Hall–Kier alpha value is -3.17. The number of amides is 2. The van der Waals surface area contributed by atoms with E-state index in [0.29, 0.717) is 11.3 Å². The van der Waals surface area contributed by atoms with Gasteiger partial charge in [-0.3, -0.25) is 19.3 Å². The molecule has 2 bridgehead atoms. The number of aromatic nitrogens is 1. The first-order valence-electron chi connectivity index (χ1n) is 12.0. The van der Waals surface area contributed by atoms with E-state index in [1.165, 1.54) is 23.3 Å². The van der Waals surface area contributed by atoms with Crippen LogP contribution < -0.4 is 9.77 Å². The molecule has 3 aromatic rings. The topological polar surface area (TPSA) is 96.5 Å². The minimum atomic E-state index is -0.464. The van der Waals surface area contributed by atoms with Crippen molar-refractivity contribution in [1.82, 2.24) is 4.98 Å². The Labute approximate surface area is 214 Å². The van der Waals surface area contributed by atoms with Gasteiger partial charge in [0.15, 0.2) is 0 Å². The van der Waals surface area contributed by atoms with E-state index in [0.717, 1.165) is 21.9 Å². The minimum absolute atomic E-state index is 0.0311. The maximum atomic E-state index is 13.8. The summed E-state index contributed by atoms with van der Waals surface area (Å²) in [6.07, 6.45) is 0.854. The molecule has 2 aliphatic heterocycles. The zero-order chi connectivity index (χ0) is 24.7. The summed E-state index contributed by atoms with van der Waals surface area (Å²) in [6, 6.07) is 16.7. The van der Waals surface area contributed by atoms with Gasteiger partial charge in [-0.05, 0) is 54.0 Å². The van der Waals surface area contributed by atoms with E-state index in [4.69, 9.17) is 4.74 Å². The highest BCUT2D eigenvalue weighted by atomic mass is 32.2. The van der Waals surface area contributed by atoms with Crippen molar-refractivity contribution in [3.63, 3.8) is 0 Å². The molecule has 7 rings (SSSR count). The number of hydrogen-bond acceptors (Lipinski definition) is 7. The number of aromatic amines is 1. The zero-order valence-electron chi connectivity index (χ0n) is 19.2. The largest absolute Gasteiger partial charge is 0.465 e. The number of methoxy groups -OCH3 is 1. The Balaban J connectivity index is 1.27. The highest BCUT2D eigenvalue weighted by Gasteiger charge is 2.69. The van der Waals surface area contributed by atoms with Gasteiger partial charge in [0.2, 0.25) is 11.8 Å². The molecular weight excluding hydrogens is 496 g/mol. The molecule has 1 saturated heterocycles. The Morgan fingerprint density at radius 2 is 1.67 bits per heavy atom. The van der Waals surface area contributed by atoms with Crippen LogP contribution in [-0.2, 0) is 14.3 Å². The fourth-order valence-corrected chi connectivity index (χ4v) is 10.1. The van der Waals surface area contributed by atoms with Gasteiger partial charge in [0.25, 0.3) is 0 Å². The van der Waals surface area contributed by atoms with Crippen LogP contribution in [0.5, 0.6) is 0 Å². The SMILES string of the molecule is COC(=O)c1ccc(N2C(=O)[C@@H]3[C@H]4C[C@@H]([C@@H]3C2=O)[C@@H]2[C@@H](c3ccccc3)c3sc(=O)[nH]c3S[C@H]42)cc1. The number of ether oxygens (including phenoxy) is 1. The standard InChI is InChI=1S/C27H22N2O5S2/c1-34-26(32)13-7-9-14(10-8-13)29-24(30)19-15-11-16(20(19)25(29)31)21-18(15)17(12-5-3-2-4-6-12)22-23(35-21)28-27(33)36-22/h2-10,15-21H,11H2,1H3,(H,28,33)/t15-,16-,17-,18-,19+,20-,21-/m1/s1. The summed E-state index contributed by atoms with van der Waals surface area (Å²) in [6.45, 7) is 0. The molecule has 4 aliphatic rings. The number of imide groups is 1. The molecule has 3 heterocycles. The van der Waals surface area contributed by atoms with Crippen molar-refractivity contribution < 1.29 is 19.1 Å². The van der Waals surface area contributed by atoms with Gasteiger partial charge in [0.05, 0.1) is 35.2 Å². The van der Waals surface area contributed by atoms with Crippen LogP contribution in [0.3, 0.4) is 0 Å². The molecule has 3 fully saturated rings. The number of nitrogens with zero attached hydrogens (tertiary/aromatic N) is 1. The second kappa shape index (κ2) is 7.91. The first-order valence-corrected chi connectivity index (χ1v) is 13.7. The Morgan fingerprint density at radius 3 is 2.36 bits per heavy atom. The molecule has 9 heteroatoms. The Bertz CT molecular complexity index is 1460. The highest BCUT2D eigenvalue weighted by Crippen LogP contribution is 2.68. The second-order valence-corrected chi connectivity index (χ2v) is 12.1. The molecule has 0 radical (unpaired) electrons. The Morgan fingerprint density at radius 1 is 0.972 bits per heavy atom. The lowest BCUT2D eigenvalue weighted by molar-refractivity contribution is -0.123. The van der Waals surface area contributed by atoms with Crippen LogP contribution in [0.2, 0.25) is 0 Å². The fraction of sp³-hybridized carbons (Fsp3) is 0.333. The number of fused-ring (bicyclic) bond motifs is 9. The number of nitrogens with one attached hydrogen (secondary N) is 1. The summed E-state index contributed by atoms with van der Waals surface area (Å²) < 4.78 is 4.76. The number of H-pyrrole nitrogens is 1. The molecule has 182 valence electrons. The van der Waals surface area contributed by atoms with Crippen LogP contribution in [-0.4, -0.2) is 35.1 Å². The van der Waals surface area contributed by atoms with E-state index in [1.54, 1.807) is 36.0 Å². The molecule has 7 atom stereocenters. The molecule has 0 unspecified atom stereocenters. The molecule has 2 aliphatic carbocycles. The van der Waals surface area contributed by atoms with Gasteiger partial charge in [-0.2, -0.15) is 0 Å². The van der Waals surface area contributed by atoms with Crippen LogP contribution in [0.1, 0.15) is 33.1 Å². The lowest BCUT2D eigenvalue weighted by Gasteiger charge is -2.43. The lowest BCUT2D eigenvalue weighted by Crippen LogP contribution is -2.42. The fourth-order valence-electron chi connectivity index (χ4n) is 7.17. The smallest absolute Gasteiger partial charge is 0.337 e. The van der Waals surface area contributed by atoms with Crippen LogP contribution >= 0.6 is 23.1 Å². The summed E-state index contributed by atoms with van der Waals surface area (Å²) in [5.41, 5.74) is 2.01. The molecule has 2 saturated carbocycles. The van der Waals surface area contributed by atoms with Gasteiger partial charge in [-0.15, -0.1) is 11.8 Å². The summed E-state index contributed by atoms with van der Waals surface area (Å²) in [4.78, 5) is 57.0. The molecule has 36 heavy (non-hydrogen) atoms. The number of carbonyl (C=O) groups excluding carboxylic acids is 3. The van der Waals surface area contributed by atoms with Crippen molar-refractivity contribution in [2.24, 2.45) is 29.6 Å². The number of anilines is 1. The maximum Gasteiger partial charge on any atom is 0.337 e. The van der Waals surface area contributed by atoms with Crippen molar-refractivity contribution in [2.45, 2.75) is 22.6 Å². The molecule has 0 spiro atoms. The average molecular weight is 519 g/mol. The van der Waals surface area contributed by atoms with Crippen molar-refractivity contribution in [2.75, 3.05) is 12.0 Å². The van der Waals surface area contributed by atoms with Gasteiger partial charge in [-0.25, -0.2) is 4.79 Å². The predicted octanol–water partition coefficient (Wildman–Crippen LogP) is 3.90. The van der Waals surface area contributed by atoms with E-state index in [-0.39, 0.29) is 57.4 Å². The third-order valence-corrected chi connectivity index (χ3v) is 11.0. The normalized spacial score (nSPS) is 31.8. The average Bonchev–Trinajstić information content (AvgIpc) is 3.63. The third-order valence-electron chi connectivity index (χ3n) is 8.43. The van der Waals surface area contributed by atoms with Crippen LogP contribution in [0, 0.1) is 29.6 Å². The van der Waals surface area contributed by atoms with E-state index < -0.39 is 5.97 Å². The van der Waals surface area contributed by atoms with Crippen molar-refractivity contribution in [3.8, 4) is 0 Å². The van der Waals surface area contributed by atoms with Gasteiger partial charge in [0, 0.05) is 16.0 Å². The highest BCUT2D eigenvalue weighted by molar-refractivity contribution is 8.00. The monoisotopic (exact) mass is 518 g/mol. The van der Waals surface area contributed by atoms with Crippen LogP contribution in [0.4, 0.5) is 5.69 Å². The summed E-state index contributed by atoms with van der Waals surface area (Å²) in [5.74, 6) is -1.10. The quantitative estimate of drug-likeness (QED) is 0.417. The molecule has 2 amide bonds. The first-order chi connectivity index (χ1) is 17.5. The van der Waals surface area contributed by atoms with E-state index in [1.807, 2.05) is 18.2 Å². The maximum absolute atomic E-state index is 13.8. The first kappa shape index (κ1) is 22.1. The van der Waals surface area contributed by atoms with E-state index >= 15 is 0 Å². The number of carbonyl (C=O) groups is 3. The van der Waals surface area contributed by atoms with E-state index in [2.05, 4.69) is 17.1 Å². The number of hydrogen-bond donors (Lipinski definition) is 1. The molecule has 1 N–H and O–H groups in total. The van der Waals surface area contributed by atoms with Gasteiger partial charge >= 0.3 is 10.8 Å². The number of thiazole rings is 1. The summed E-state index contributed by atoms with van der Waals surface area (Å²) in [5, 5.41) is 1.08. The Kier molecular flexibility index (Phi) is 4.85. The lowest BCUT2D eigenvalue weighted by atomic mass is 9.68. The zero-order valence-corrected chi connectivity index (χ0v) is 20.9. The summed E-state index contributed by atoms with van der Waals surface area (Å²) in [7, 11) is 1.32. The predicted molar refractivity (Wildman–Crippen MR) is 135 cm³/mol. The van der Waals surface area contributed by atoms with Crippen molar-refractivity contribution in [1.29, 1.82) is 0 Å². The molecular formula is C27H22N2O5S2. The molecule has 2 aromatic carbocycles. The van der Waals surface area contributed by atoms with E-state index in [9.17, 15) is 19.2 Å². The minimum Gasteiger partial charge on any atom is -0.465 e. The number of rotatable bonds is 3. The number of benzene rings is 2. The van der Waals surface area contributed by atoms with Gasteiger partial charge in [0.1, 0.15) is 0 Å². The molecule has 1 aromatic heterocycles. The van der Waals surface area contributed by atoms with Gasteiger partial charge in [-0.1, -0.05) is 41.7 Å². The van der Waals surface area contributed by atoms with Gasteiger partial charge < -0.3 is 9.72 Å². The number of thioether (sulfide) groups is 1. The van der Waals surface area contributed by atoms with Crippen LogP contribution in [0.15, 0.2) is 64.4 Å². The summed E-state index contributed by atoms with van der Waals surface area (Å²) >= 11 is 2.96. The van der Waals surface area contributed by atoms with Crippen LogP contribution in [0.25, 0.3) is 0 Å².